The van der Waals surface area contributed by atoms with Crippen molar-refractivity contribution in [3.05, 3.63) is 35.4 Å². The minimum Gasteiger partial charge on any atom is -0.302 e. The van der Waals surface area contributed by atoms with Crippen molar-refractivity contribution in [2.24, 2.45) is 11.0 Å². The highest BCUT2D eigenvalue weighted by atomic mass is 32.1. The summed E-state index contributed by atoms with van der Waals surface area (Å²) in [5, 5.41) is 8.33. The first-order valence-electron chi connectivity index (χ1n) is 6.50. The zero-order valence-electron chi connectivity index (χ0n) is 11.8. The predicted molar refractivity (Wildman–Crippen MR) is 83.9 cm³/mol. The number of nitrogens with one attached hydrogen (secondary N) is 3. The average molecular weight is 318 g/mol. The van der Waals surface area contributed by atoms with Crippen LogP contribution in [-0.2, 0) is 14.4 Å². The van der Waals surface area contributed by atoms with E-state index in [1.165, 1.54) is 6.21 Å². The van der Waals surface area contributed by atoms with Crippen LogP contribution < -0.4 is 16.1 Å². The number of thiocarbonyl (C=S) groups is 1. The molecule has 0 unspecified atom stereocenters. The number of rotatable bonds is 4. The molecule has 2 rings (SSSR count). The van der Waals surface area contributed by atoms with Gasteiger partial charge in [-0.2, -0.15) is 5.10 Å². The van der Waals surface area contributed by atoms with Gasteiger partial charge in [0.1, 0.15) is 5.92 Å². The molecule has 0 radical (unpaired) electrons. The molecule has 1 fully saturated rings. The summed E-state index contributed by atoms with van der Waals surface area (Å²) >= 11 is 4.67. The van der Waals surface area contributed by atoms with Crippen molar-refractivity contribution in [2.45, 2.75) is 13.3 Å². The van der Waals surface area contributed by atoms with Crippen LogP contribution in [0.15, 0.2) is 29.4 Å². The Kier molecular flexibility index (Phi) is 4.95. The van der Waals surface area contributed by atoms with Gasteiger partial charge in [0.05, 0.1) is 6.21 Å². The smallest absolute Gasteiger partial charge is 0.241 e. The summed E-state index contributed by atoms with van der Waals surface area (Å²) in [6.45, 7) is 1.97. The Bertz CT molecular complexity index is 635. The van der Waals surface area contributed by atoms with Gasteiger partial charge in [0.15, 0.2) is 5.11 Å². The maximum Gasteiger partial charge on any atom is 0.241 e. The summed E-state index contributed by atoms with van der Waals surface area (Å²) in [6, 6.07) is 7.55. The van der Waals surface area contributed by atoms with E-state index in [0.29, 0.717) is 0 Å². The molecule has 0 atom stereocenters. The van der Waals surface area contributed by atoms with E-state index in [-0.39, 0.29) is 11.5 Å². The number of hydrazone groups is 1. The van der Waals surface area contributed by atoms with Gasteiger partial charge in [-0.05, 0) is 24.7 Å². The quantitative estimate of drug-likeness (QED) is 0.314. The SMILES string of the molecule is Cc1ccc(/C=N/NC(=O)CC2C(=O)NC(=S)NC2=O)cc1. The van der Waals surface area contributed by atoms with Crippen LogP contribution in [-0.4, -0.2) is 29.0 Å². The summed E-state index contributed by atoms with van der Waals surface area (Å²) in [4.78, 5) is 34.9. The summed E-state index contributed by atoms with van der Waals surface area (Å²) < 4.78 is 0. The lowest BCUT2D eigenvalue weighted by Gasteiger charge is -2.21. The standard InChI is InChI=1S/C14H14N4O3S/c1-8-2-4-9(5-3-8)7-15-18-11(19)6-10-12(20)16-14(22)17-13(10)21/h2-5,7,10H,6H2,1H3,(H,18,19)(H2,16,17,20,21,22)/b15-7+. The second kappa shape index (κ2) is 6.90. The van der Waals surface area contributed by atoms with Crippen LogP contribution in [0.2, 0.25) is 0 Å². The van der Waals surface area contributed by atoms with E-state index in [9.17, 15) is 14.4 Å². The molecule has 0 spiro atoms. The minimum absolute atomic E-state index is 0.0518. The number of carbonyl (C=O) groups excluding carboxylic acids is 3. The molecule has 0 saturated carbocycles. The van der Waals surface area contributed by atoms with Gasteiger partial charge >= 0.3 is 0 Å². The van der Waals surface area contributed by atoms with Gasteiger partial charge in [0.25, 0.3) is 0 Å². The third-order valence-electron chi connectivity index (χ3n) is 2.98. The number of amides is 3. The van der Waals surface area contributed by atoms with Crippen LogP contribution >= 0.6 is 12.2 Å². The molecule has 1 aromatic carbocycles. The van der Waals surface area contributed by atoms with Crippen molar-refractivity contribution in [3.8, 4) is 0 Å². The van der Waals surface area contributed by atoms with Crippen molar-refractivity contribution in [3.63, 3.8) is 0 Å². The number of hydrogen-bond donors (Lipinski definition) is 3. The van der Waals surface area contributed by atoms with Crippen LogP contribution in [0, 0.1) is 12.8 Å². The van der Waals surface area contributed by atoms with Gasteiger partial charge in [-0.1, -0.05) is 29.8 Å². The molecule has 8 heteroatoms. The molecule has 1 heterocycles. The van der Waals surface area contributed by atoms with Crippen molar-refractivity contribution >= 4 is 41.3 Å². The Morgan fingerprint density at radius 3 is 2.45 bits per heavy atom. The molecular formula is C14H14N4O3S. The van der Waals surface area contributed by atoms with Gasteiger partial charge in [-0.25, -0.2) is 5.43 Å². The Balaban J connectivity index is 1.87. The van der Waals surface area contributed by atoms with E-state index in [4.69, 9.17) is 0 Å². The molecule has 22 heavy (non-hydrogen) atoms. The lowest BCUT2D eigenvalue weighted by atomic mass is 10.0. The summed E-state index contributed by atoms with van der Waals surface area (Å²) in [6.07, 6.45) is 1.18. The van der Waals surface area contributed by atoms with Crippen LogP contribution in [0.5, 0.6) is 0 Å². The lowest BCUT2D eigenvalue weighted by Crippen LogP contribution is -2.56. The second-order valence-corrected chi connectivity index (χ2v) is 5.18. The minimum atomic E-state index is -1.11. The molecular weight excluding hydrogens is 304 g/mol. The first-order chi connectivity index (χ1) is 10.5. The normalized spacial score (nSPS) is 15.6. The summed E-state index contributed by atoms with van der Waals surface area (Å²) in [5.74, 6) is -2.83. The molecule has 1 saturated heterocycles. The largest absolute Gasteiger partial charge is 0.302 e. The van der Waals surface area contributed by atoms with E-state index in [2.05, 4.69) is 33.4 Å². The van der Waals surface area contributed by atoms with E-state index >= 15 is 0 Å². The Hall–Kier alpha value is -2.61. The molecule has 0 aliphatic carbocycles. The molecule has 1 aromatic rings. The third kappa shape index (κ3) is 4.19. The van der Waals surface area contributed by atoms with Crippen LogP contribution in [0.4, 0.5) is 0 Å². The zero-order chi connectivity index (χ0) is 16.1. The zero-order valence-corrected chi connectivity index (χ0v) is 12.6. The maximum absolute atomic E-state index is 11.7. The van der Waals surface area contributed by atoms with Gasteiger partial charge in [-0.3, -0.25) is 14.4 Å². The molecule has 7 nitrogen and oxygen atoms in total. The van der Waals surface area contributed by atoms with Crippen LogP contribution in [0.1, 0.15) is 17.5 Å². The highest BCUT2D eigenvalue weighted by Gasteiger charge is 2.34. The van der Waals surface area contributed by atoms with Crippen molar-refractivity contribution in [1.29, 1.82) is 0 Å². The molecule has 3 N–H and O–H groups in total. The first kappa shape index (κ1) is 15.8. The highest BCUT2D eigenvalue weighted by molar-refractivity contribution is 7.80. The van der Waals surface area contributed by atoms with E-state index in [0.717, 1.165) is 11.1 Å². The average Bonchev–Trinajstić information content (AvgIpc) is 2.45. The van der Waals surface area contributed by atoms with Gasteiger partial charge < -0.3 is 10.6 Å². The summed E-state index contributed by atoms with van der Waals surface area (Å²) in [7, 11) is 0. The molecule has 0 bridgehead atoms. The fourth-order valence-electron chi connectivity index (χ4n) is 1.80. The van der Waals surface area contributed by atoms with Crippen LogP contribution in [0.25, 0.3) is 0 Å². The Morgan fingerprint density at radius 1 is 1.27 bits per heavy atom. The number of nitrogens with zero attached hydrogens (tertiary/aromatic N) is 1. The molecule has 114 valence electrons. The first-order valence-corrected chi connectivity index (χ1v) is 6.91. The predicted octanol–water partition coefficient (Wildman–Crippen LogP) is -0.0177. The Morgan fingerprint density at radius 2 is 1.86 bits per heavy atom. The summed E-state index contributed by atoms with van der Waals surface area (Å²) in [5.41, 5.74) is 4.23. The fourth-order valence-corrected chi connectivity index (χ4v) is 2.00. The molecule has 1 aliphatic heterocycles. The van der Waals surface area contributed by atoms with E-state index in [1.807, 2.05) is 31.2 Å². The Labute approximate surface area is 132 Å². The van der Waals surface area contributed by atoms with Gasteiger partial charge in [-0.15, -0.1) is 0 Å². The number of carbonyl (C=O) groups is 3. The highest BCUT2D eigenvalue weighted by Crippen LogP contribution is 2.07. The number of benzene rings is 1. The van der Waals surface area contributed by atoms with Crippen LogP contribution in [0.3, 0.4) is 0 Å². The maximum atomic E-state index is 11.7. The van der Waals surface area contributed by atoms with Gasteiger partial charge in [0, 0.05) is 6.42 Å². The van der Waals surface area contributed by atoms with Crippen molar-refractivity contribution < 1.29 is 14.4 Å². The molecule has 3 amide bonds. The molecule has 1 aliphatic rings. The number of hydrogen-bond acceptors (Lipinski definition) is 5. The topological polar surface area (TPSA) is 99.7 Å². The lowest BCUT2D eigenvalue weighted by molar-refractivity contribution is -0.138. The van der Waals surface area contributed by atoms with E-state index < -0.39 is 23.6 Å². The fraction of sp³-hybridized carbons (Fsp3) is 0.214. The second-order valence-electron chi connectivity index (χ2n) is 4.77. The number of aryl methyl sites for hydroxylation is 1. The van der Waals surface area contributed by atoms with Gasteiger partial charge in [0.2, 0.25) is 17.7 Å². The third-order valence-corrected chi connectivity index (χ3v) is 3.18. The van der Waals surface area contributed by atoms with Crippen molar-refractivity contribution in [2.75, 3.05) is 0 Å². The van der Waals surface area contributed by atoms with Crippen molar-refractivity contribution in [1.82, 2.24) is 16.1 Å². The van der Waals surface area contributed by atoms with E-state index in [1.54, 1.807) is 0 Å². The molecule has 0 aromatic heterocycles. The monoisotopic (exact) mass is 318 g/mol.